The topological polar surface area (TPSA) is 46.5 Å². The Bertz CT molecular complexity index is 318. The number of ether oxygens (including phenoxy) is 1. The van der Waals surface area contributed by atoms with E-state index in [1.807, 2.05) is 6.07 Å². The highest BCUT2D eigenvalue weighted by atomic mass is 16.5. The number of hydrogen-bond donors (Lipinski definition) is 1. The highest BCUT2D eigenvalue weighted by Gasteiger charge is 2.21. The van der Waals surface area contributed by atoms with Crippen LogP contribution in [0.3, 0.4) is 0 Å². The van der Waals surface area contributed by atoms with E-state index in [1.54, 1.807) is 32.0 Å². The van der Waals surface area contributed by atoms with E-state index < -0.39 is 5.60 Å². The SMILES string of the molecule is CC(C)(Cc1ccccc1O)O[C]=O. The lowest BCUT2D eigenvalue weighted by molar-refractivity contribution is 0.0891. The molecule has 3 heteroatoms. The van der Waals surface area contributed by atoms with Crippen LogP contribution in [0, 0.1) is 0 Å². The predicted octanol–water partition coefficient (Wildman–Crippen LogP) is 1.80. The molecule has 0 aliphatic carbocycles. The Labute approximate surface area is 83.3 Å². The first-order valence-corrected chi connectivity index (χ1v) is 4.37. The van der Waals surface area contributed by atoms with E-state index in [9.17, 15) is 9.90 Å². The molecule has 0 amide bonds. The van der Waals surface area contributed by atoms with E-state index in [-0.39, 0.29) is 5.75 Å². The molecule has 1 aromatic carbocycles. The minimum Gasteiger partial charge on any atom is -0.508 e. The molecule has 0 unspecified atom stereocenters. The molecule has 0 aliphatic rings. The van der Waals surface area contributed by atoms with E-state index in [1.165, 1.54) is 6.47 Å². The molecular weight excluding hydrogens is 180 g/mol. The molecule has 0 fully saturated rings. The Kier molecular flexibility index (Phi) is 3.12. The van der Waals surface area contributed by atoms with Gasteiger partial charge in [-0.1, -0.05) is 18.2 Å². The van der Waals surface area contributed by atoms with Gasteiger partial charge in [-0.05, 0) is 25.5 Å². The molecule has 3 nitrogen and oxygen atoms in total. The zero-order valence-corrected chi connectivity index (χ0v) is 8.28. The van der Waals surface area contributed by atoms with Gasteiger partial charge < -0.3 is 9.84 Å². The van der Waals surface area contributed by atoms with Crippen LogP contribution in [0.5, 0.6) is 5.75 Å². The van der Waals surface area contributed by atoms with Crippen molar-refractivity contribution in [2.45, 2.75) is 25.9 Å². The van der Waals surface area contributed by atoms with Crippen LogP contribution in [0.25, 0.3) is 0 Å². The first kappa shape index (κ1) is 10.6. The van der Waals surface area contributed by atoms with Gasteiger partial charge in [-0.2, -0.15) is 0 Å². The number of phenolic OH excluding ortho intramolecular Hbond substituents is 1. The summed E-state index contributed by atoms with van der Waals surface area (Å²) in [5.74, 6) is 0.218. The van der Waals surface area contributed by atoms with Crippen LogP contribution in [0.4, 0.5) is 0 Å². The standard InChI is InChI=1S/C11H13O3/c1-11(2,14-8-12)7-9-5-3-4-6-10(9)13/h3-6,13H,7H2,1-2H3. The Hall–Kier alpha value is -1.51. The zero-order valence-electron chi connectivity index (χ0n) is 8.28. The van der Waals surface area contributed by atoms with Crippen LogP contribution in [-0.4, -0.2) is 17.2 Å². The molecule has 1 radical (unpaired) electrons. The largest absolute Gasteiger partial charge is 0.508 e. The highest BCUT2D eigenvalue weighted by molar-refractivity contribution is 5.40. The third-order valence-corrected chi connectivity index (χ3v) is 1.93. The average Bonchev–Trinajstić information content (AvgIpc) is 2.08. The molecule has 14 heavy (non-hydrogen) atoms. The average molecular weight is 193 g/mol. The number of rotatable bonds is 4. The molecule has 0 aliphatic heterocycles. The number of carbonyl (C=O) groups excluding carboxylic acids is 1. The second-order valence-corrected chi connectivity index (χ2v) is 3.75. The van der Waals surface area contributed by atoms with Gasteiger partial charge in [0.1, 0.15) is 11.4 Å². The van der Waals surface area contributed by atoms with Crippen molar-refractivity contribution in [2.24, 2.45) is 0 Å². The zero-order chi connectivity index (χ0) is 10.6. The minimum absolute atomic E-state index is 0.218. The molecule has 0 spiro atoms. The second-order valence-electron chi connectivity index (χ2n) is 3.75. The maximum Gasteiger partial charge on any atom is 0.418 e. The van der Waals surface area contributed by atoms with Gasteiger partial charge in [-0.25, -0.2) is 4.79 Å². The smallest absolute Gasteiger partial charge is 0.418 e. The van der Waals surface area contributed by atoms with Crippen molar-refractivity contribution >= 4 is 6.47 Å². The summed E-state index contributed by atoms with van der Waals surface area (Å²) < 4.78 is 4.77. The maximum absolute atomic E-state index is 10.1. The molecule has 0 saturated carbocycles. The Morgan fingerprint density at radius 1 is 1.43 bits per heavy atom. The Morgan fingerprint density at radius 3 is 2.64 bits per heavy atom. The lowest BCUT2D eigenvalue weighted by Gasteiger charge is -2.22. The lowest BCUT2D eigenvalue weighted by Crippen LogP contribution is -2.26. The normalized spacial score (nSPS) is 11.0. The highest BCUT2D eigenvalue weighted by Crippen LogP contribution is 2.23. The summed E-state index contributed by atoms with van der Waals surface area (Å²) in [6.07, 6.45) is 0.467. The van der Waals surface area contributed by atoms with Crippen LogP contribution < -0.4 is 0 Å². The molecule has 1 rings (SSSR count). The summed E-state index contributed by atoms with van der Waals surface area (Å²) in [5, 5.41) is 9.49. The van der Waals surface area contributed by atoms with Gasteiger partial charge in [0.25, 0.3) is 0 Å². The van der Waals surface area contributed by atoms with Crippen LogP contribution >= 0.6 is 0 Å². The first-order valence-electron chi connectivity index (χ1n) is 4.37. The van der Waals surface area contributed by atoms with E-state index in [0.717, 1.165) is 5.56 Å². The van der Waals surface area contributed by atoms with E-state index in [4.69, 9.17) is 4.74 Å². The summed E-state index contributed by atoms with van der Waals surface area (Å²) in [6, 6.07) is 6.98. The summed E-state index contributed by atoms with van der Waals surface area (Å²) >= 11 is 0. The molecule has 0 heterocycles. The quantitative estimate of drug-likeness (QED) is 0.793. The van der Waals surface area contributed by atoms with Gasteiger partial charge in [-0.15, -0.1) is 0 Å². The van der Waals surface area contributed by atoms with Crippen LogP contribution in [0.1, 0.15) is 19.4 Å². The maximum atomic E-state index is 10.1. The van der Waals surface area contributed by atoms with Crippen molar-refractivity contribution in [3.05, 3.63) is 29.8 Å². The van der Waals surface area contributed by atoms with Crippen molar-refractivity contribution in [2.75, 3.05) is 0 Å². The Balaban J connectivity index is 2.78. The van der Waals surface area contributed by atoms with Crippen molar-refractivity contribution < 1.29 is 14.6 Å². The van der Waals surface area contributed by atoms with Crippen LogP contribution in [0.2, 0.25) is 0 Å². The van der Waals surface area contributed by atoms with Gasteiger partial charge in [0.15, 0.2) is 0 Å². The summed E-state index contributed by atoms with van der Waals surface area (Å²) in [4.78, 5) is 10.1. The number of aromatic hydroxyl groups is 1. The molecule has 1 N–H and O–H groups in total. The van der Waals surface area contributed by atoms with E-state index in [2.05, 4.69) is 0 Å². The summed E-state index contributed by atoms with van der Waals surface area (Å²) in [6.45, 7) is 4.95. The number of hydrogen-bond acceptors (Lipinski definition) is 3. The predicted molar refractivity (Wildman–Crippen MR) is 52.7 cm³/mol. The molecule has 1 aromatic rings. The molecule has 0 aromatic heterocycles. The fourth-order valence-corrected chi connectivity index (χ4v) is 1.27. The Morgan fingerprint density at radius 2 is 2.07 bits per heavy atom. The molecule has 0 atom stereocenters. The second kappa shape index (κ2) is 4.13. The van der Waals surface area contributed by atoms with Gasteiger partial charge in [0.2, 0.25) is 0 Å². The van der Waals surface area contributed by atoms with Gasteiger partial charge in [0, 0.05) is 6.42 Å². The van der Waals surface area contributed by atoms with Gasteiger partial charge in [0.05, 0.1) is 0 Å². The fraction of sp³-hybridized carbons (Fsp3) is 0.364. The van der Waals surface area contributed by atoms with Crippen molar-refractivity contribution in [1.29, 1.82) is 0 Å². The molecule has 75 valence electrons. The summed E-state index contributed by atoms with van der Waals surface area (Å²) in [7, 11) is 0. The monoisotopic (exact) mass is 193 g/mol. The van der Waals surface area contributed by atoms with Gasteiger partial charge in [-0.3, -0.25) is 0 Å². The third kappa shape index (κ3) is 2.76. The van der Waals surface area contributed by atoms with Crippen LogP contribution in [-0.2, 0) is 16.0 Å². The lowest BCUT2D eigenvalue weighted by atomic mass is 9.98. The summed E-state index contributed by atoms with van der Waals surface area (Å²) in [5.41, 5.74) is 0.119. The number of benzene rings is 1. The third-order valence-electron chi connectivity index (χ3n) is 1.93. The minimum atomic E-state index is -0.638. The molecule has 0 saturated heterocycles. The first-order chi connectivity index (χ1) is 6.55. The van der Waals surface area contributed by atoms with Crippen LogP contribution in [0.15, 0.2) is 24.3 Å². The van der Waals surface area contributed by atoms with Crippen molar-refractivity contribution in [3.63, 3.8) is 0 Å². The molecular formula is C11H13O3. The van der Waals surface area contributed by atoms with Gasteiger partial charge >= 0.3 is 6.47 Å². The van der Waals surface area contributed by atoms with E-state index in [0.29, 0.717) is 6.42 Å². The number of para-hydroxylation sites is 1. The van der Waals surface area contributed by atoms with E-state index >= 15 is 0 Å². The van der Waals surface area contributed by atoms with Crippen molar-refractivity contribution in [3.8, 4) is 5.75 Å². The van der Waals surface area contributed by atoms with Crippen molar-refractivity contribution in [1.82, 2.24) is 0 Å². The fourth-order valence-electron chi connectivity index (χ4n) is 1.27. The number of phenols is 1. The molecule has 0 bridgehead atoms.